The lowest BCUT2D eigenvalue weighted by Gasteiger charge is -2.34. The number of halogens is 1. The van der Waals surface area contributed by atoms with Gasteiger partial charge in [-0.2, -0.15) is 0 Å². The molecule has 0 aromatic carbocycles. The topological polar surface area (TPSA) is 47.6 Å². The standard InChI is InChI=1S/C12H22ClNO3/c1-2-17-11-7-10(8-11)9-12(15)14-4-6-16-5-3-13/h10-11H,2-9H2,1H3,(H,14,15). The maximum atomic E-state index is 11.5. The van der Waals surface area contributed by atoms with Crippen molar-refractivity contribution in [2.24, 2.45) is 5.92 Å². The van der Waals surface area contributed by atoms with E-state index in [9.17, 15) is 4.79 Å². The van der Waals surface area contributed by atoms with E-state index in [1.165, 1.54) is 0 Å². The van der Waals surface area contributed by atoms with Crippen LogP contribution in [-0.2, 0) is 14.3 Å². The van der Waals surface area contributed by atoms with Crippen LogP contribution in [0, 0.1) is 5.92 Å². The first-order valence-electron chi connectivity index (χ1n) is 6.28. The zero-order valence-corrected chi connectivity index (χ0v) is 11.2. The molecule has 4 nitrogen and oxygen atoms in total. The molecule has 0 bridgehead atoms. The van der Waals surface area contributed by atoms with Crippen molar-refractivity contribution in [3.8, 4) is 0 Å². The van der Waals surface area contributed by atoms with E-state index in [1.807, 2.05) is 6.92 Å². The molecule has 5 heteroatoms. The zero-order valence-electron chi connectivity index (χ0n) is 10.4. The molecule has 1 saturated carbocycles. The van der Waals surface area contributed by atoms with Crippen LogP contribution in [0.15, 0.2) is 0 Å². The van der Waals surface area contributed by atoms with Crippen LogP contribution >= 0.6 is 11.6 Å². The number of ether oxygens (including phenoxy) is 2. The van der Waals surface area contributed by atoms with Gasteiger partial charge in [0.15, 0.2) is 0 Å². The molecule has 0 atom stereocenters. The van der Waals surface area contributed by atoms with Gasteiger partial charge in [-0.3, -0.25) is 4.79 Å². The molecular weight excluding hydrogens is 242 g/mol. The highest BCUT2D eigenvalue weighted by Crippen LogP contribution is 2.32. The van der Waals surface area contributed by atoms with Gasteiger partial charge in [0.2, 0.25) is 5.91 Å². The minimum absolute atomic E-state index is 0.111. The van der Waals surface area contributed by atoms with Gasteiger partial charge in [0.1, 0.15) is 0 Å². The van der Waals surface area contributed by atoms with E-state index in [0.717, 1.165) is 19.4 Å². The molecule has 17 heavy (non-hydrogen) atoms. The second-order valence-corrected chi connectivity index (χ2v) is 4.65. The molecule has 1 rings (SSSR count). The predicted molar refractivity (Wildman–Crippen MR) is 67.3 cm³/mol. The van der Waals surface area contributed by atoms with Crippen molar-refractivity contribution >= 4 is 17.5 Å². The predicted octanol–water partition coefficient (Wildman–Crippen LogP) is 1.56. The Bertz CT molecular complexity index is 220. The van der Waals surface area contributed by atoms with Gasteiger partial charge in [-0.1, -0.05) is 0 Å². The first kappa shape index (κ1) is 14.7. The van der Waals surface area contributed by atoms with Crippen molar-refractivity contribution in [3.05, 3.63) is 0 Å². The summed E-state index contributed by atoms with van der Waals surface area (Å²) >= 11 is 5.45. The van der Waals surface area contributed by atoms with Crippen LogP contribution in [0.1, 0.15) is 26.2 Å². The molecule has 100 valence electrons. The first-order valence-corrected chi connectivity index (χ1v) is 6.81. The lowest BCUT2D eigenvalue weighted by atomic mass is 9.80. The molecule has 0 unspecified atom stereocenters. The summed E-state index contributed by atoms with van der Waals surface area (Å²) in [5.74, 6) is 1.10. The lowest BCUT2D eigenvalue weighted by Crippen LogP contribution is -2.36. The SMILES string of the molecule is CCOC1CC(CC(=O)NCCOCCCl)C1. The summed E-state index contributed by atoms with van der Waals surface area (Å²) in [5, 5.41) is 2.84. The third-order valence-corrected chi connectivity index (χ3v) is 3.01. The van der Waals surface area contributed by atoms with Crippen molar-refractivity contribution < 1.29 is 14.3 Å². The number of carbonyl (C=O) groups excluding carboxylic acids is 1. The fourth-order valence-corrected chi connectivity index (χ4v) is 2.08. The van der Waals surface area contributed by atoms with Crippen molar-refractivity contribution in [2.75, 3.05) is 32.2 Å². The second-order valence-electron chi connectivity index (χ2n) is 4.27. The van der Waals surface area contributed by atoms with E-state index in [2.05, 4.69) is 5.32 Å². The largest absolute Gasteiger partial charge is 0.378 e. The molecule has 0 saturated heterocycles. The van der Waals surface area contributed by atoms with Crippen LogP contribution < -0.4 is 5.32 Å². The van der Waals surface area contributed by atoms with Crippen LogP contribution in [0.25, 0.3) is 0 Å². The van der Waals surface area contributed by atoms with Crippen LogP contribution in [0.2, 0.25) is 0 Å². The Hall–Kier alpha value is -0.320. The molecule has 1 aliphatic carbocycles. The number of rotatable bonds is 9. The Morgan fingerprint density at radius 1 is 1.41 bits per heavy atom. The van der Waals surface area contributed by atoms with E-state index >= 15 is 0 Å². The third-order valence-electron chi connectivity index (χ3n) is 2.86. The van der Waals surface area contributed by atoms with Gasteiger partial charge in [0, 0.05) is 25.5 Å². The molecule has 1 aliphatic rings. The summed E-state index contributed by atoms with van der Waals surface area (Å²) in [7, 11) is 0. The van der Waals surface area contributed by atoms with Gasteiger partial charge < -0.3 is 14.8 Å². The smallest absolute Gasteiger partial charge is 0.220 e. The van der Waals surface area contributed by atoms with Crippen LogP contribution in [0.4, 0.5) is 0 Å². The number of carbonyl (C=O) groups is 1. The number of amides is 1. The van der Waals surface area contributed by atoms with Crippen LogP contribution in [-0.4, -0.2) is 44.3 Å². The van der Waals surface area contributed by atoms with E-state index < -0.39 is 0 Å². The normalized spacial score (nSPS) is 23.2. The quantitative estimate of drug-likeness (QED) is 0.507. The van der Waals surface area contributed by atoms with Gasteiger partial charge in [-0.25, -0.2) is 0 Å². The molecule has 1 N–H and O–H groups in total. The molecule has 0 spiro atoms. The molecular formula is C12H22ClNO3. The molecule has 0 aromatic heterocycles. The average molecular weight is 264 g/mol. The maximum absolute atomic E-state index is 11.5. The summed E-state index contributed by atoms with van der Waals surface area (Å²) in [5.41, 5.74) is 0. The molecule has 0 heterocycles. The van der Waals surface area contributed by atoms with Gasteiger partial charge in [0.25, 0.3) is 0 Å². The monoisotopic (exact) mass is 263 g/mol. The third kappa shape index (κ3) is 6.24. The maximum Gasteiger partial charge on any atom is 0.220 e. The summed E-state index contributed by atoms with van der Waals surface area (Å²) in [6, 6.07) is 0. The molecule has 1 fully saturated rings. The van der Waals surface area contributed by atoms with Crippen molar-refractivity contribution in [3.63, 3.8) is 0 Å². The van der Waals surface area contributed by atoms with E-state index in [4.69, 9.17) is 21.1 Å². The zero-order chi connectivity index (χ0) is 12.5. The molecule has 0 radical (unpaired) electrons. The Labute approximate surface area is 108 Å². The summed E-state index contributed by atoms with van der Waals surface area (Å²) in [6.45, 7) is 4.40. The summed E-state index contributed by atoms with van der Waals surface area (Å²) in [4.78, 5) is 11.5. The molecule has 0 aliphatic heterocycles. The summed E-state index contributed by atoms with van der Waals surface area (Å²) < 4.78 is 10.6. The highest BCUT2D eigenvalue weighted by Gasteiger charge is 2.30. The number of hydrogen-bond donors (Lipinski definition) is 1. The van der Waals surface area contributed by atoms with Gasteiger partial charge in [0.05, 0.1) is 19.3 Å². The van der Waals surface area contributed by atoms with Crippen molar-refractivity contribution in [2.45, 2.75) is 32.3 Å². The minimum atomic E-state index is 0.111. The van der Waals surface area contributed by atoms with Gasteiger partial charge in [-0.15, -0.1) is 11.6 Å². The fraction of sp³-hybridized carbons (Fsp3) is 0.917. The van der Waals surface area contributed by atoms with Crippen molar-refractivity contribution in [1.82, 2.24) is 5.32 Å². The fourth-order valence-electron chi connectivity index (χ4n) is 1.97. The molecule has 0 aromatic rings. The first-order chi connectivity index (χ1) is 8.26. The molecule has 1 amide bonds. The van der Waals surface area contributed by atoms with Crippen LogP contribution in [0.3, 0.4) is 0 Å². The number of nitrogens with one attached hydrogen (secondary N) is 1. The highest BCUT2D eigenvalue weighted by atomic mass is 35.5. The van der Waals surface area contributed by atoms with E-state index in [-0.39, 0.29) is 5.91 Å². The Morgan fingerprint density at radius 2 is 2.18 bits per heavy atom. The number of alkyl halides is 1. The average Bonchev–Trinajstić information content (AvgIpc) is 2.26. The van der Waals surface area contributed by atoms with E-state index in [1.54, 1.807) is 0 Å². The van der Waals surface area contributed by atoms with Gasteiger partial charge >= 0.3 is 0 Å². The Kier molecular flexibility index (Phi) is 7.56. The minimum Gasteiger partial charge on any atom is -0.378 e. The van der Waals surface area contributed by atoms with Crippen LogP contribution in [0.5, 0.6) is 0 Å². The van der Waals surface area contributed by atoms with Gasteiger partial charge in [-0.05, 0) is 25.7 Å². The Morgan fingerprint density at radius 3 is 2.82 bits per heavy atom. The number of hydrogen-bond acceptors (Lipinski definition) is 3. The van der Waals surface area contributed by atoms with E-state index in [0.29, 0.717) is 44.1 Å². The highest BCUT2D eigenvalue weighted by molar-refractivity contribution is 6.17. The van der Waals surface area contributed by atoms with Crippen molar-refractivity contribution in [1.29, 1.82) is 0 Å². The lowest BCUT2D eigenvalue weighted by molar-refractivity contribution is -0.124. The second kappa shape index (κ2) is 8.72. The Balaban J connectivity index is 1.92. The summed E-state index contributed by atoms with van der Waals surface area (Å²) in [6.07, 6.45) is 3.03.